The van der Waals surface area contributed by atoms with Gasteiger partial charge in [-0.1, -0.05) is 134 Å². The van der Waals surface area contributed by atoms with Gasteiger partial charge in [-0.25, -0.2) is 4.79 Å². The van der Waals surface area contributed by atoms with Gasteiger partial charge in [-0.15, -0.1) is 0 Å². The molecule has 6 heteroatoms. The molecule has 0 aromatic heterocycles. The molecule has 4 atom stereocenters. The largest absolute Gasteiger partial charge is 0.393 e. The number of rotatable bonds is 8. The van der Waals surface area contributed by atoms with Crippen molar-refractivity contribution in [2.24, 2.45) is 5.41 Å². The van der Waals surface area contributed by atoms with E-state index in [1.165, 1.54) is 5.57 Å². The normalized spacial score (nSPS) is 22.6. The Morgan fingerprint density at radius 1 is 0.800 bits per heavy atom. The quantitative estimate of drug-likeness (QED) is 0.109. The van der Waals surface area contributed by atoms with Gasteiger partial charge in [-0.05, 0) is 104 Å². The number of carbonyl (C=O) groups is 2. The van der Waals surface area contributed by atoms with Gasteiger partial charge in [0.25, 0.3) is 0 Å². The molecule has 6 nitrogen and oxygen atoms in total. The third kappa shape index (κ3) is 8.51. The van der Waals surface area contributed by atoms with E-state index >= 15 is 0 Å². The van der Waals surface area contributed by atoms with Crippen molar-refractivity contribution in [1.29, 1.82) is 0 Å². The summed E-state index contributed by atoms with van der Waals surface area (Å²) in [6.45, 7) is 4.74. The van der Waals surface area contributed by atoms with E-state index in [0.717, 1.165) is 40.7 Å². The molecule has 0 spiro atoms. The van der Waals surface area contributed by atoms with Gasteiger partial charge in [0, 0.05) is 28.8 Å². The fourth-order valence-electron chi connectivity index (χ4n) is 8.84. The molecule has 3 N–H and O–H groups in total. The molecule has 0 radical (unpaired) electrons. The molecule has 0 saturated heterocycles. The molecule has 5 aromatic carbocycles. The highest BCUT2D eigenvalue weighted by Gasteiger charge is 2.57. The van der Waals surface area contributed by atoms with Gasteiger partial charge in [0.1, 0.15) is 0 Å². The number of amides is 2. The van der Waals surface area contributed by atoms with Crippen LogP contribution < -0.4 is 5.32 Å². The van der Waals surface area contributed by atoms with E-state index in [1.807, 2.05) is 109 Å². The average Bonchev–Trinajstić information content (AvgIpc) is 3.46. The monoisotopic (exact) mass is 732 g/mol. The van der Waals surface area contributed by atoms with E-state index < -0.39 is 17.1 Å². The van der Waals surface area contributed by atoms with Gasteiger partial charge in [-0.2, -0.15) is 0 Å². The molecule has 3 aliphatic rings. The van der Waals surface area contributed by atoms with E-state index in [9.17, 15) is 19.8 Å². The summed E-state index contributed by atoms with van der Waals surface area (Å²) in [4.78, 5) is 30.5. The fourth-order valence-corrected chi connectivity index (χ4v) is 8.84. The molecule has 3 aliphatic carbocycles. The van der Waals surface area contributed by atoms with Gasteiger partial charge in [0.15, 0.2) is 5.78 Å². The zero-order valence-electron chi connectivity index (χ0n) is 32.0. The van der Waals surface area contributed by atoms with Crippen LogP contribution in [0.3, 0.4) is 0 Å². The lowest BCUT2D eigenvalue weighted by Gasteiger charge is -2.46. The Morgan fingerprint density at radius 3 is 2.16 bits per heavy atom. The molecule has 55 heavy (non-hydrogen) atoms. The van der Waals surface area contributed by atoms with Crippen molar-refractivity contribution in [1.82, 2.24) is 4.90 Å². The zero-order valence-corrected chi connectivity index (χ0v) is 32.0. The number of hydrogen-bond acceptors (Lipinski definition) is 4. The first-order chi connectivity index (χ1) is 26.6. The summed E-state index contributed by atoms with van der Waals surface area (Å²) in [6, 6.07) is 43.1. The molecular formula is C49H52N2O4. The molecule has 5 aromatic rings. The molecule has 2 bridgehead atoms. The fraction of sp³-hybridized carbons (Fsp3) is 0.306. The standard InChI is InChI=1S/C49H52N2O4/c1-35-13-12-29-48(2)45(28-30-49(48,55)34-51(33-36-14-6-3-7-15-36)47(54)50-41-18-10-5-11-19-41)43-27-21-37(31-42(52)26-20-35)32-44(43)46(53)40-24-22-39(23-25-40)38-16-8-4-9-17-38/h3-11,13-19,21-25,27,32,42,45,52,55H,12,20,26,28-31,33-34H2,1-2H3,(H,50,54)/t42-,45-,48-,49+/m0/s1. The predicted molar refractivity (Wildman–Crippen MR) is 221 cm³/mol. The van der Waals surface area contributed by atoms with Gasteiger partial charge >= 0.3 is 6.03 Å². The topological polar surface area (TPSA) is 89.9 Å². The summed E-state index contributed by atoms with van der Waals surface area (Å²) < 4.78 is 0. The third-order valence-electron chi connectivity index (χ3n) is 12.2. The molecule has 1 saturated carbocycles. The number of aliphatic hydroxyl groups is 2. The molecule has 0 unspecified atom stereocenters. The van der Waals surface area contributed by atoms with Crippen molar-refractivity contribution in [3.63, 3.8) is 0 Å². The summed E-state index contributed by atoms with van der Waals surface area (Å²) in [6.07, 6.45) is 6.10. The number of aliphatic hydroxyl groups excluding tert-OH is 1. The zero-order chi connectivity index (χ0) is 38.4. The summed E-state index contributed by atoms with van der Waals surface area (Å²) in [5.41, 5.74) is 6.10. The van der Waals surface area contributed by atoms with Crippen LogP contribution in [0.4, 0.5) is 10.5 Å². The Hall–Kier alpha value is -5.30. The molecule has 2 amide bonds. The summed E-state index contributed by atoms with van der Waals surface area (Å²) in [5.74, 6) is -0.231. The van der Waals surface area contributed by atoms with Crippen LogP contribution in [0.5, 0.6) is 0 Å². The van der Waals surface area contributed by atoms with E-state index in [0.29, 0.717) is 55.5 Å². The third-order valence-corrected chi connectivity index (χ3v) is 12.2. The maximum atomic E-state index is 14.7. The van der Waals surface area contributed by atoms with Crippen LogP contribution in [0.25, 0.3) is 11.1 Å². The van der Waals surface area contributed by atoms with Gasteiger partial charge in [0.05, 0.1) is 18.2 Å². The van der Waals surface area contributed by atoms with E-state index in [1.54, 1.807) is 4.90 Å². The van der Waals surface area contributed by atoms with Crippen LogP contribution in [-0.2, 0) is 13.0 Å². The predicted octanol–water partition coefficient (Wildman–Crippen LogP) is 10.4. The second-order valence-electron chi connectivity index (χ2n) is 15.9. The molecular weight excluding hydrogens is 681 g/mol. The first kappa shape index (κ1) is 38.0. The van der Waals surface area contributed by atoms with Crippen molar-refractivity contribution in [2.45, 2.75) is 83.0 Å². The molecule has 8 rings (SSSR count). The second kappa shape index (κ2) is 16.6. The smallest absolute Gasteiger partial charge is 0.322 e. The van der Waals surface area contributed by atoms with Crippen molar-refractivity contribution < 1.29 is 19.8 Å². The number of nitrogens with zero attached hydrogens (tertiary/aromatic N) is 1. The van der Waals surface area contributed by atoms with Gasteiger partial charge in [0.2, 0.25) is 0 Å². The van der Waals surface area contributed by atoms with Crippen molar-refractivity contribution in [3.8, 4) is 11.1 Å². The van der Waals surface area contributed by atoms with Crippen LogP contribution in [0.2, 0.25) is 0 Å². The number of urea groups is 1. The SMILES string of the molecule is CC1=CCC[C@@]2(C)[C@@H](CC[C@@]2(O)CN(Cc2ccccc2)C(=O)Nc2ccccc2)c2ccc(cc2C(=O)c2ccc(-c3ccccc3)cc2)C[C@@H](O)CC1. The first-order valence-corrected chi connectivity index (χ1v) is 19.7. The minimum Gasteiger partial charge on any atom is -0.393 e. The molecule has 0 aliphatic heterocycles. The van der Waals surface area contributed by atoms with Crippen molar-refractivity contribution in [3.05, 3.63) is 173 Å². The van der Waals surface area contributed by atoms with Crippen LogP contribution >= 0.6 is 0 Å². The van der Waals surface area contributed by atoms with E-state index in [2.05, 4.69) is 49.5 Å². The maximum Gasteiger partial charge on any atom is 0.322 e. The minimum atomic E-state index is -1.26. The number of carbonyl (C=O) groups excluding carboxylic acids is 2. The van der Waals surface area contributed by atoms with E-state index in [-0.39, 0.29) is 24.3 Å². The number of benzene rings is 5. The highest BCUT2D eigenvalue weighted by atomic mass is 16.3. The maximum absolute atomic E-state index is 14.7. The summed E-state index contributed by atoms with van der Waals surface area (Å²) in [7, 11) is 0. The van der Waals surface area contributed by atoms with Gasteiger partial charge in [-0.3, -0.25) is 4.79 Å². The number of fused-ring (bicyclic) bond motifs is 8. The Balaban J connectivity index is 1.27. The Kier molecular flexibility index (Phi) is 11.5. The number of allylic oxidation sites excluding steroid dienone is 2. The number of nitrogens with one attached hydrogen (secondary N) is 1. The van der Waals surface area contributed by atoms with Crippen LogP contribution in [0, 0.1) is 5.41 Å². The highest BCUT2D eigenvalue weighted by molar-refractivity contribution is 6.10. The molecule has 0 heterocycles. The Morgan fingerprint density at radius 2 is 1.45 bits per heavy atom. The number of ketones is 1. The highest BCUT2D eigenvalue weighted by Crippen LogP contribution is 2.59. The number of anilines is 1. The summed E-state index contributed by atoms with van der Waals surface area (Å²) >= 11 is 0. The lowest BCUT2D eigenvalue weighted by atomic mass is 9.64. The molecule has 1 fully saturated rings. The van der Waals surface area contributed by atoms with E-state index in [4.69, 9.17) is 0 Å². The average molecular weight is 733 g/mol. The van der Waals surface area contributed by atoms with Crippen molar-refractivity contribution in [2.75, 3.05) is 11.9 Å². The summed E-state index contributed by atoms with van der Waals surface area (Å²) in [5, 5.41) is 27.2. The lowest BCUT2D eigenvalue weighted by Crippen LogP contribution is -2.54. The minimum absolute atomic E-state index is 0.0699. The second-order valence-corrected chi connectivity index (χ2v) is 15.9. The first-order valence-electron chi connectivity index (χ1n) is 19.7. The Bertz CT molecular complexity index is 2120. The van der Waals surface area contributed by atoms with Crippen LogP contribution in [-0.4, -0.2) is 45.2 Å². The van der Waals surface area contributed by atoms with Crippen LogP contribution in [0.1, 0.15) is 90.9 Å². The van der Waals surface area contributed by atoms with Crippen molar-refractivity contribution >= 4 is 17.5 Å². The molecule has 282 valence electrons. The lowest BCUT2D eigenvalue weighted by molar-refractivity contribution is -0.0773. The number of hydrogen-bond donors (Lipinski definition) is 3. The Labute approximate surface area is 325 Å². The number of para-hydroxylation sites is 1. The van der Waals surface area contributed by atoms with Gasteiger partial charge < -0.3 is 20.4 Å². The van der Waals surface area contributed by atoms with Crippen LogP contribution in [0.15, 0.2) is 145 Å².